The lowest BCUT2D eigenvalue weighted by Gasteiger charge is -2.43. The first kappa shape index (κ1) is 13.4. The third kappa shape index (κ3) is 2.52. The van der Waals surface area contributed by atoms with E-state index in [9.17, 15) is 4.79 Å². The van der Waals surface area contributed by atoms with Gasteiger partial charge in [-0.15, -0.1) is 0 Å². The highest BCUT2D eigenvalue weighted by Gasteiger charge is 2.37. The number of hydrogen-bond acceptors (Lipinski definition) is 3. The van der Waals surface area contributed by atoms with Crippen LogP contribution in [0.4, 0.5) is 0 Å². The van der Waals surface area contributed by atoms with Crippen molar-refractivity contribution in [3.05, 3.63) is 29.8 Å². The van der Waals surface area contributed by atoms with Crippen molar-refractivity contribution in [2.75, 3.05) is 26.9 Å². The molecule has 4 heteroatoms. The van der Waals surface area contributed by atoms with Crippen LogP contribution in [0.1, 0.15) is 30.9 Å². The summed E-state index contributed by atoms with van der Waals surface area (Å²) in [6, 6.07) is 8.27. The number of amides is 1. The molecule has 0 aromatic heterocycles. The molecule has 108 valence electrons. The highest BCUT2D eigenvalue weighted by atomic mass is 16.5. The smallest absolute Gasteiger partial charge is 0.226 e. The Morgan fingerprint density at radius 3 is 2.75 bits per heavy atom. The Morgan fingerprint density at radius 1 is 1.30 bits per heavy atom. The van der Waals surface area contributed by atoms with Crippen LogP contribution in [-0.4, -0.2) is 37.7 Å². The molecule has 2 aliphatic heterocycles. The summed E-state index contributed by atoms with van der Waals surface area (Å²) in [5.41, 5.74) is 1.18. The molecule has 0 radical (unpaired) electrons. The van der Waals surface area contributed by atoms with Crippen molar-refractivity contribution in [2.24, 2.45) is 5.92 Å². The van der Waals surface area contributed by atoms with Crippen LogP contribution < -0.4 is 4.74 Å². The Morgan fingerprint density at radius 2 is 2.10 bits per heavy atom. The Hall–Kier alpha value is -1.55. The summed E-state index contributed by atoms with van der Waals surface area (Å²) < 4.78 is 10.6. The molecule has 2 fully saturated rings. The van der Waals surface area contributed by atoms with E-state index < -0.39 is 0 Å². The zero-order valence-electron chi connectivity index (χ0n) is 11.9. The molecule has 4 nitrogen and oxygen atoms in total. The molecule has 1 aromatic carbocycles. The van der Waals surface area contributed by atoms with Crippen LogP contribution in [0.15, 0.2) is 24.3 Å². The molecule has 3 rings (SSSR count). The molecule has 0 aliphatic carbocycles. The molecule has 0 N–H and O–H groups in total. The first-order chi connectivity index (χ1) is 9.79. The number of carbonyl (C=O) groups is 1. The number of carbonyl (C=O) groups excluding carboxylic acids is 1. The fourth-order valence-electron chi connectivity index (χ4n) is 3.03. The normalized spacial score (nSPS) is 23.2. The molecular weight excluding hydrogens is 254 g/mol. The number of rotatable bonds is 3. The summed E-state index contributed by atoms with van der Waals surface area (Å²) in [7, 11) is 1.67. The van der Waals surface area contributed by atoms with Gasteiger partial charge < -0.3 is 14.4 Å². The van der Waals surface area contributed by atoms with Gasteiger partial charge in [-0.1, -0.05) is 12.1 Å². The minimum Gasteiger partial charge on any atom is -0.497 e. The largest absolute Gasteiger partial charge is 0.497 e. The Labute approximate surface area is 119 Å². The minimum absolute atomic E-state index is 0.150. The van der Waals surface area contributed by atoms with Crippen LogP contribution >= 0.6 is 0 Å². The van der Waals surface area contributed by atoms with Gasteiger partial charge in [-0.25, -0.2) is 0 Å². The van der Waals surface area contributed by atoms with Crippen molar-refractivity contribution < 1.29 is 14.3 Å². The highest BCUT2D eigenvalue weighted by Crippen LogP contribution is 2.36. The number of nitrogens with zero attached hydrogens (tertiary/aromatic N) is 1. The molecule has 0 unspecified atom stereocenters. The Balaban J connectivity index is 1.70. The van der Waals surface area contributed by atoms with E-state index in [4.69, 9.17) is 9.47 Å². The van der Waals surface area contributed by atoms with Crippen LogP contribution in [0, 0.1) is 5.92 Å². The summed E-state index contributed by atoms with van der Waals surface area (Å²) in [5.74, 6) is 1.30. The molecule has 0 bridgehead atoms. The van der Waals surface area contributed by atoms with E-state index in [-0.39, 0.29) is 12.0 Å². The van der Waals surface area contributed by atoms with Gasteiger partial charge in [-0.05, 0) is 37.0 Å². The Kier molecular flexibility index (Phi) is 3.92. The maximum atomic E-state index is 12.6. The summed E-state index contributed by atoms with van der Waals surface area (Å²) in [4.78, 5) is 14.6. The van der Waals surface area contributed by atoms with Crippen molar-refractivity contribution in [3.8, 4) is 5.75 Å². The van der Waals surface area contributed by atoms with E-state index in [0.717, 1.165) is 31.6 Å². The first-order valence-electron chi connectivity index (χ1n) is 7.32. The average molecular weight is 275 g/mol. The standard InChI is InChI=1S/C16H21NO3/c1-19-14-4-2-3-13(11-14)15-5-8-17(15)16(18)12-6-9-20-10-7-12/h2-4,11-12,15H,5-10H2,1H3/t15-/m0/s1. The molecule has 2 saturated heterocycles. The van der Waals surface area contributed by atoms with Crippen molar-refractivity contribution in [1.29, 1.82) is 0 Å². The lowest BCUT2D eigenvalue weighted by atomic mass is 9.90. The van der Waals surface area contributed by atoms with Gasteiger partial charge in [0.2, 0.25) is 5.91 Å². The topological polar surface area (TPSA) is 38.8 Å². The van der Waals surface area contributed by atoms with Gasteiger partial charge in [-0.3, -0.25) is 4.79 Å². The van der Waals surface area contributed by atoms with Crippen molar-refractivity contribution in [3.63, 3.8) is 0 Å². The average Bonchev–Trinajstić information content (AvgIpc) is 2.47. The van der Waals surface area contributed by atoms with Crippen LogP contribution in [0.5, 0.6) is 5.75 Å². The van der Waals surface area contributed by atoms with Crippen molar-refractivity contribution in [1.82, 2.24) is 4.90 Å². The van der Waals surface area contributed by atoms with Crippen LogP contribution in [0.3, 0.4) is 0 Å². The van der Waals surface area contributed by atoms with Crippen molar-refractivity contribution in [2.45, 2.75) is 25.3 Å². The third-order valence-corrected chi connectivity index (χ3v) is 4.35. The maximum Gasteiger partial charge on any atom is 0.226 e. The number of ether oxygens (including phenoxy) is 2. The minimum atomic E-state index is 0.150. The summed E-state index contributed by atoms with van der Waals surface area (Å²) in [6.45, 7) is 2.31. The lowest BCUT2D eigenvalue weighted by molar-refractivity contribution is -0.146. The van der Waals surface area contributed by atoms with Gasteiger partial charge in [0.25, 0.3) is 0 Å². The number of methoxy groups -OCH3 is 1. The van der Waals surface area contributed by atoms with Crippen LogP contribution in [-0.2, 0) is 9.53 Å². The molecular formula is C16H21NO3. The molecule has 20 heavy (non-hydrogen) atoms. The summed E-state index contributed by atoms with van der Waals surface area (Å²) >= 11 is 0. The van der Waals surface area contributed by atoms with Crippen LogP contribution in [0.2, 0.25) is 0 Å². The quantitative estimate of drug-likeness (QED) is 0.850. The van der Waals surface area contributed by atoms with Gasteiger partial charge in [0.15, 0.2) is 0 Å². The zero-order valence-corrected chi connectivity index (χ0v) is 11.9. The molecule has 1 amide bonds. The maximum absolute atomic E-state index is 12.6. The zero-order chi connectivity index (χ0) is 13.9. The monoisotopic (exact) mass is 275 g/mol. The van der Waals surface area contributed by atoms with Gasteiger partial charge in [0.05, 0.1) is 13.2 Å². The molecule has 1 atom stereocenters. The molecule has 2 aliphatic rings. The van der Waals surface area contributed by atoms with Gasteiger partial charge in [-0.2, -0.15) is 0 Å². The summed E-state index contributed by atoms with van der Waals surface area (Å²) in [6.07, 6.45) is 2.77. The fraction of sp³-hybridized carbons (Fsp3) is 0.562. The molecule has 0 spiro atoms. The predicted molar refractivity (Wildman–Crippen MR) is 75.6 cm³/mol. The number of hydrogen-bond donors (Lipinski definition) is 0. The third-order valence-electron chi connectivity index (χ3n) is 4.35. The number of likely N-dealkylation sites (tertiary alicyclic amines) is 1. The second kappa shape index (κ2) is 5.83. The van der Waals surface area contributed by atoms with Crippen LogP contribution in [0.25, 0.3) is 0 Å². The predicted octanol–water partition coefficient (Wildman–Crippen LogP) is 2.40. The van der Waals surface area contributed by atoms with Gasteiger partial charge >= 0.3 is 0 Å². The first-order valence-corrected chi connectivity index (χ1v) is 7.32. The fourth-order valence-corrected chi connectivity index (χ4v) is 3.03. The van der Waals surface area contributed by atoms with E-state index in [1.165, 1.54) is 5.56 Å². The van der Waals surface area contributed by atoms with Gasteiger partial charge in [0, 0.05) is 25.7 Å². The molecule has 2 heterocycles. The molecule has 0 saturated carbocycles. The van der Waals surface area contributed by atoms with Crippen molar-refractivity contribution >= 4 is 5.91 Å². The second-order valence-electron chi connectivity index (χ2n) is 5.50. The molecule has 1 aromatic rings. The highest BCUT2D eigenvalue weighted by molar-refractivity contribution is 5.80. The Bertz CT molecular complexity index is 482. The van der Waals surface area contributed by atoms with E-state index in [1.54, 1.807) is 7.11 Å². The second-order valence-corrected chi connectivity index (χ2v) is 5.50. The number of benzene rings is 1. The van der Waals surface area contributed by atoms with E-state index in [0.29, 0.717) is 19.1 Å². The SMILES string of the molecule is COc1cccc([C@@H]2CCN2C(=O)C2CCOCC2)c1. The summed E-state index contributed by atoms with van der Waals surface area (Å²) in [5, 5.41) is 0. The lowest BCUT2D eigenvalue weighted by Crippen LogP contribution is -2.48. The van der Waals surface area contributed by atoms with Gasteiger partial charge in [0.1, 0.15) is 5.75 Å². The van der Waals surface area contributed by atoms with E-state index >= 15 is 0 Å². The van der Waals surface area contributed by atoms with E-state index in [1.807, 2.05) is 23.1 Å². The van der Waals surface area contributed by atoms with E-state index in [2.05, 4.69) is 6.07 Å².